The zero-order chi connectivity index (χ0) is 13.7. The quantitative estimate of drug-likeness (QED) is 0.901. The third kappa shape index (κ3) is 3.93. The van der Waals surface area contributed by atoms with Gasteiger partial charge in [-0.1, -0.05) is 11.6 Å². The van der Waals surface area contributed by atoms with E-state index in [-0.39, 0.29) is 5.91 Å². The van der Waals surface area contributed by atoms with Crippen molar-refractivity contribution >= 4 is 28.9 Å². The molecule has 0 atom stereocenters. The molecule has 2 rings (SSSR count). The van der Waals surface area contributed by atoms with Crippen LogP contribution >= 0.6 is 11.6 Å². The lowest BCUT2D eigenvalue weighted by atomic mass is 10.2. The van der Waals surface area contributed by atoms with E-state index in [1.165, 1.54) is 6.92 Å². The molecule has 0 spiro atoms. The van der Waals surface area contributed by atoms with Crippen LogP contribution in [-0.4, -0.2) is 15.9 Å². The fourth-order valence-corrected chi connectivity index (χ4v) is 1.76. The van der Waals surface area contributed by atoms with Crippen LogP contribution < -0.4 is 10.6 Å². The van der Waals surface area contributed by atoms with Crippen molar-refractivity contribution in [3.8, 4) is 0 Å². The van der Waals surface area contributed by atoms with Gasteiger partial charge in [0, 0.05) is 25.0 Å². The number of benzene rings is 1. The number of rotatable bonds is 4. The molecule has 5 nitrogen and oxygen atoms in total. The van der Waals surface area contributed by atoms with Crippen LogP contribution in [-0.2, 0) is 11.3 Å². The van der Waals surface area contributed by atoms with Gasteiger partial charge in [0.05, 0.1) is 29.1 Å². The fourth-order valence-electron chi connectivity index (χ4n) is 1.53. The molecule has 0 unspecified atom stereocenters. The molecular formula is C13H13ClN4O. The molecule has 0 radical (unpaired) electrons. The molecule has 2 aromatic rings. The first kappa shape index (κ1) is 13.3. The maximum atomic E-state index is 11.0. The second-order valence-electron chi connectivity index (χ2n) is 3.93. The second kappa shape index (κ2) is 6.15. The summed E-state index contributed by atoms with van der Waals surface area (Å²) < 4.78 is 0. The lowest BCUT2D eigenvalue weighted by Crippen LogP contribution is -2.07. The van der Waals surface area contributed by atoms with E-state index in [0.717, 1.165) is 11.4 Å². The SMILES string of the molecule is CC(=O)Nc1ccc(NCc2cnccn2)cc1Cl. The zero-order valence-electron chi connectivity index (χ0n) is 10.4. The van der Waals surface area contributed by atoms with Gasteiger partial charge in [0.25, 0.3) is 0 Å². The Bertz CT molecular complexity index is 574. The van der Waals surface area contributed by atoms with Gasteiger partial charge in [-0.15, -0.1) is 0 Å². The summed E-state index contributed by atoms with van der Waals surface area (Å²) in [6.07, 6.45) is 4.97. The van der Waals surface area contributed by atoms with Gasteiger partial charge in [0.15, 0.2) is 0 Å². The van der Waals surface area contributed by atoms with Gasteiger partial charge in [-0.25, -0.2) is 0 Å². The Balaban J connectivity index is 2.02. The average molecular weight is 277 g/mol. The first-order valence-corrected chi connectivity index (χ1v) is 6.09. The maximum Gasteiger partial charge on any atom is 0.221 e. The van der Waals surface area contributed by atoms with E-state index in [2.05, 4.69) is 20.6 Å². The fraction of sp³-hybridized carbons (Fsp3) is 0.154. The summed E-state index contributed by atoms with van der Waals surface area (Å²) in [4.78, 5) is 19.1. The number of amides is 1. The number of hydrogen-bond acceptors (Lipinski definition) is 4. The Labute approximate surface area is 116 Å². The van der Waals surface area contributed by atoms with Crippen LogP contribution in [0.3, 0.4) is 0 Å². The van der Waals surface area contributed by atoms with Gasteiger partial charge >= 0.3 is 0 Å². The molecule has 0 saturated carbocycles. The summed E-state index contributed by atoms with van der Waals surface area (Å²) in [6.45, 7) is 2.00. The number of hydrogen-bond donors (Lipinski definition) is 2. The summed E-state index contributed by atoms with van der Waals surface area (Å²) in [5, 5.41) is 6.32. The number of aromatic nitrogens is 2. The molecule has 98 valence electrons. The predicted molar refractivity (Wildman–Crippen MR) is 75.1 cm³/mol. The lowest BCUT2D eigenvalue weighted by molar-refractivity contribution is -0.114. The van der Waals surface area contributed by atoms with Gasteiger partial charge in [-0.05, 0) is 18.2 Å². The molecule has 0 aliphatic carbocycles. The minimum atomic E-state index is -0.151. The molecule has 0 aliphatic rings. The first-order valence-electron chi connectivity index (χ1n) is 5.71. The molecule has 1 amide bonds. The standard InChI is InChI=1S/C13H13ClN4O/c1-9(19)18-13-3-2-10(6-12(13)14)17-8-11-7-15-4-5-16-11/h2-7,17H,8H2,1H3,(H,18,19). The van der Waals surface area contributed by atoms with E-state index >= 15 is 0 Å². The molecular weight excluding hydrogens is 264 g/mol. The highest BCUT2D eigenvalue weighted by molar-refractivity contribution is 6.34. The molecule has 19 heavy (non-hydrogen) atoms. The summed E-state index contributed by atoms with van der Waals surface area (Å²) >= 11 is 6.07. The normalized spacial score (nSPS) is 10.0. The number of nitrogens with one attached hydrogen (secondary N) is 2. The van der Waals surface area contributed by atoms with Crippen molar-refractivity contribution < 1.29 is 4.79 Å². The molecule has 0 bridgehead atoms. The minimum Gasteiger partial charge on any atom is -0.379 e. The van der Waals surface area contributed by atoms with Crippen LogP contribution in [0.25, 0.3) is 0 Å². The molecule has 6 heteroatoms. The van der Waals surface area contributed by atoms with Crippen LogP contribution in [0.5, 0.6) is 0 Å². The van der Waals surface area contributed by atoms with Crippen molar-refractivity contribution in [3.05, 3.63) is 47.5 Å². The highest BCUT2D eigenvalue weighted by atomic mass is 35.5. The van der Waals surface area contributed by atoms with Crippen molar-refractivity contribution in [1.29, 1.82) is 0 Å². The molecule has 0 fully saturated rings. The monoisotopic (exact) mass is 276 g/mol. The lowest BCUT2D eigenvalue weighted by Gasteiger charge is -2.09. The summed E-state index contributed by atoms with van der Waals surface area (Å²) in [7, 11) is 0. The number of nitrogens with zero attached hydrogens (tertiary/aromatic N) is 2. The Kier molecular flexibility index (Phi) is 4.30. The van der Waals surface area contributed by atoms with Crippen LogP contribution in [0.2, 0.25) is 5.02 Å². The second-order valence-corrected chi connectivity index (χ2v) is 4.33. The Morgan fingerprint density at radius 1 is 1.37 bits per heavy atom. The molecule has 2 N–H and O–H groups in total. The van der Waals surface area contributed by atoms with Crippen molar-refractivity contribution in [3.63, 3.8) is 0 Å². The summed E-state index contributed by atoms with van der Waals surface area (Å²) in [5.74, 6) is -0.151. The van der Waals surface area contributed by atoms with Crippen molar-refractivity contribution in [2.24, 2.45) is 0 Å². The molecule has 0 saturated heterocycles. The minimum absolute atomic E-state index is 0.151. The number of halogens is 1. The molecule has 1 aromatic heterocycles. The van der Waals surface area contributed by atoms with E-state index in [9.17, 15) is 4.79 Å². The van der Waals surface area contributed by atoms with Crippen molar-refractivity contribution in [2.75, 3.05) is 10.6 Å². The van der Waals surface area contributed by atoms with Crippen molar-refractivity contribution in [2.45, 2.75) is 13.5 Å². The van der Waals surface area contributed by atoms with Crippen LogP contribution in [0.4, 0.5) is 11.4 Å². The largest absolute Gasteiger partial charge is 0.379 e. The average Bonchev–Trinajstić information content (AvgIpc) is 2.40. The Hall–Kier alpha value is -2.14. The molecule has 1 aromatic carbocycles. The van der Waals surface area contributed by atoms with Gasteiger partial charge in [0.1, 0.15) is 0 Å². The number of anilines is 2. The topological polar surface area (TPSA) is 66.9 Å². The number of carbonyl (C=O) groups excluding carboxylic acids is 1. The molecule has 0 aliphatic heterocycles. The van der Waals surface area contributed by atoms with E-state index in [4.69, 9.17) is 11.6 Å². The van der Waals surface area contributed by atoms with Crippen LogP contribution in [0.1, 0.15) is 12.6 Å². The first-order chi connectivity index (χ1) is 9.15. The Morgan fingerprint density at radius 2 is 2.21 bits per heavy atom. The summed E-state index contributed by atoms with van der Waals surface area (Å²) in [5.41, 5.74) is 2.29. The number of carbonyl (C=O) groups is 1. The van der Waals surface area contributed by atoms with Crippen molar-refractivity contribution in [1.82, 2.24) is 9.97 Å². The van der Waals surface area contributed by atoms with E-state index in [1.54, 1.807) is 30.7 Å². The van der Waals surface area contributed by atoms with Crippen LogP contribution in [0.15, 0.2) is 36.8 Å². The highest BCUT2D eigenvalue weighted by Crippen LogP contribution is 2.25. The van der Waals surface area contributed by atoms with Gasteiger partial charge in [-0.3, -0.25) is 14.8 Å². The van der Waals surface area contributed by atoms with Gasteiger partial charge in [0.2, 0.25) is 5.91 Å². The summed E-state index contributed by atoms with van der Waals surface area (Å²) in [6, 6.07) is 5.35. The Morgan fingerprint density at radius 3 is 2.84 bits per heavy atom. The van der Waals surface area contributed by atoms with Gasteiger partial charge < -0.3 is 10.6 Å². The molecule has 1 heterocycles. The van der Waals surface area contributed by atoms with E-state index in [0.29, 0.717) is 17.3 Å². The maximum absolute atomic E-state index is 11.0. The third-order valence-corrected chi connectivity index (χ3v) is 2.68. The van der Waals surface area contributed by atoms with E-state index in [1.807, 2.05) is 6.07 Å². The van der Waals surface area contributed by atoms with Gasteiger partial charge in [-0.2, -0.15) is 0 Å². The van der Waals surface area contributed by atoms with Crippen LogP contribution in [0, 0.1) is 0 Å². The third-order valence-electron chi connectivity index (χ3n) is 2.37. The zero-order valence-corrected chi connectivity index (χ0v) is 11.1. The van der Waals surface area contributed by atoms with E-state index < -0.39 is 0 Å². The smallest absolute Gasteiger partial charge is 0.221 e. The highest BCUT2D eigenvalue weighted by Gasteiger charge is 2.03. The predicted octanol–water partition coefficient (Wildman–Crippen LogP) is 2.70.